The minimum absolute atomic E-state index is 0.727. The maximum absolute atomic E-state index is 3.55. The van der Waals surface area contributed by atoms with Gasteiger partial charge < -0.3 is 5.32 Å². The van der Waals surface area contributed by atoms with Gasteiger partial charge in [0.15, 0.2) is 0 Å². The van der Waals surface area contributed by atoms with E-state index in [2.05, 4.69) is 31.0 Å². The summed E-state index contributed by atoms with van der Waals surface area (Å²) < 4.78 is 0. The van der Waals surface area contributed by atoms with Crippen LogP contribution in [0, 0.1) is 11.8 Å². The molecule has 2 nitrogen and oxygen atoms in total. The standard InChI is InChI=1S/C12H24N2/c1-4-12-11-7-13-6-5-10(11)8-14(12)9(2)3/h9-13H,4-8H2,1-3H3. The molecule has 14 heavy (non-hydrogen) atoms. The number of nitrogens with zero attached hydrogens (tertiary/aromatic N) is 1. The lowest BCUT2D eigenvalue weighted by Crippen LogP contribution is -2.41. The Morgan fingerprint density at radius 3 is 2.86 bits per heavy atom. The Labute approximate surface area is 88.1 Å². The van der Waals surface area contributed by atoms with E-state index >= 15 is 0 Å². The smallest absolute Gasteiger partial charge is 0.0139 e. The van der Waals surface area contributed by atoms with Crippen LogP contribution in [0.4, 0.5) is 0 Å². The van der Waals surface area contributed by atoms with Crippen molar-refractivity contribution in [2.75, 3.05) is 19.6 Å². The molecule has 0 bridgehead atoms. The van der Waals surface area contributed by atoms with Crippen molar-refractivity contribution in [2.24, 2.45) is 11.8 Å². The number of rotatable bonds is 2. The van der Waals surface area contributed by atoms with Crippen LogP contribution in [0.5, 0.6) is 0 Å². The van der Waals surface area contributed by atoms with Gasteiger partial charge in [0.1, 0.15) is 0 Å². The molecule has 0 aromatic rings. The molecule has 0 amide bonds. The molecule has 0 aromatic heterocycles. The van der Waals surface area contributed by atoms with Crippen LogP contribution in [-0.2, 0) is 0 Å². The van der Waals surface area contributed by atoms with Crippen LogP contribution >= 0.6 is 0 Å². The summed E-state index contributed by atoms with van der Waals surface area (Å²) in [6.07, 6.45) is 2.71. The lowest BCUT2D eigenvalue weighted by molar-refractivity contribution is 0.175. The van der Waals surface area contributed by atoms with Gasteiger partial charge in [0.05, 0.1) is 0 Å². The van der Waals surface area contributed by atoms with E-state index in [0.29, 0.717) is 0 Å². The molecule has 3 atom stereocenters. The number of nitrogens with one attached hydrogen (secondary N) is 1. The molecule has 2 fully saturated rings. The van der Waals surface area contributed by atoms with Crippen molar-refractivity contribution in [3.8, 4) is 0 Å². The van der Waals surface area contributed by atoms with E-state index in [1.54, 1.807) is 0 Å². The zero-order chi connectivity index (χ0) is 10.1. The number of likely N-dealkylation sites (tertiary alicyclic amines) is 1. The molecule has 0 aliphatic carbocycles. The summed E-state index contributed by atoms with van der Waals surface area (Å²) in [4.78, 5) is 2.72. The molecule has 0 spiro atoms. The van der Waals surface area contributed by atoms with Crippen molar-refractivity contribution in [2.45, 2.75) is 45.7 Å². The first-order valence-electron chi connectivity index (χ1n) is 6.20. The van der Waals surface area contributed by atoms with Crippen LogP contribution < -0.4 is 5.32 Å². The molecule has 1 N–H and O–H groups in total. The lowest BCUT2D eigenvalue weighted by Gasteiger charge is -2.32. The molecule has 2 heterocycles. The van der Waals surface area contributed by atoms with Gasteiger partial charge in [-0.1, -0.05) is 6.92 Å². The van der Waals surface area contributed by atoms with Gasteiger partial charge >= 0.3 is 0 Å². The number of hydrogen-bond donors (Lipinski definition) is 1. The Balaban J connectivity index is 2.08. The van der Waals surface area contributed by atoms with Crippen LogP contribution in [0.3, 0.4) is 0 Å². The highest BCUT2D eigenvalue weighted by atomic mass is 15.2. The van der Waals surface area contributed by atoms with Crippen LogP contribution in [0.15, 0.2) is 0 Å². The van der Waals surface area contributed by atoms with E-state index in [9.17, 15) is 0 Å². The lowest BCUT2D eigenvalue weighted by atomic mass is 9.84. The Morgan fingerprint density at radius 2 is 2.21 bits per heavy atom. The first-order valence-corrected chi connectivity index (χ1v) is 6.20. The van der Waals surface area contributed by atoms with E-state index in [1.165, 1.54) is 32.5 Å². The van der Waals surface area contributed by atoms with Gasteiger partial charge in [0.25, 0.3) is 0 Å². The molecule has 0 aromatic carbocycles. The van der Waals surface area contributed by atoms with Crippen LogP contribution in [0.25, 0.3) is 0 Å². The zero-order valence-corrected chi connectivity index (χ0v) is 9.79. The van der Waals surface area contributed by atoms with Crippen LogP contribution in [0.1, 0.15) is 33.6 Å². The minimum Gasteiger partial charge on any atom is -0.316 e. The molecule has 2 rings (SSSR count). The zero-order valence-electron chi connectivity index (χ0n) is 9.79. The van der Waals surface area contributed by atoms with Gasteiger partial charge in [0, 0.05) is 18.6 Å². The molecule has 0 saturated carbocycles. The van der Waals surface area contributed by atoms with Gasteiger partial charge in [-0.3, -0.25) is 4.90 Å². The van der Waals surface area contributed by atoms with Crippen LogP contribution in [-0.4, -0.2) is 36.6 Å². The van der Waals surface area contributed by atoms with Crippen molar-refractivity contribution in [1.29, 1.82) is 0 Å². The topological polar surface area (TPSA) is 15.3 Å². The summed E-state index contributed by atoms with van der Waals surface area (Å²) in [6.45, 7) is 10.9. The fourth-order valence-electron chi connectivity index (χ4n) is 3.40. The van der Waals surface area contributed by atoms with E-state index in [1.807, 2.05) is 0 Å². The molecule has 2 heteroatoms. The summed E-state index contributed by atoms with van der Waals surface area (Å²) in [5.74, 6) is 1.90. The molecule has 2 aliphatic rings. The molecule has 2 saturated heterocycles. The van der Waals surface area contributed by atoms with E-state index in [0.717, 1.165) is 23.9 Å². The Hall–Kier alpha value is -0.0800. The Morgan fingerprint density at radius 1 is 1.43 bits per heavy atom. The number of hydrogen-bond acceptors (Lipinski definition) is 2. The molecular weight excluding hydrogens is 172 g/mol. The van der Waals surface area contributed by atoms with Crippen molar-refractivity contribution in [3.63, 3.8) is 0 Å². The largest absolute Gasteiger partial charge is 0.316 e. The van der Waals surface area contributed by atoms with E-state index in [4.69, 9.17) is 0 Å². The number of fused-ring (bicyclic) bond motifs is 1. The Bertz CT molecular complexity index is 189. The monoisotopic (exact) mass is 196 g/mol. The third-order valence-electron chi connectivity index (χ3n) is 4.12. The van der Waals surface area contributed by atoms with Gasteiger partial charge in [-0.15, -0.1) is 0 Å². The van der Waals surface area contributed by atoms with Crippen molar-refractivity contribution >= 4 is 0 Å². The third-order valence-corrected chi connectivity index (χ3v) is 4.12. The highest BCUT2D eigenvalue weighted by molar-refractivity contribution is 4.96. The quantitative estimate of drug-likeness (QED) is 0.723. The molecule has 0 radical (unpaired) electrons. The van der Waals surface area contributed by atoms with Gasteiger partial charge in [-0.05, 0) is 51.6 Å². The molecular formula is C12H24N2. The summed E-state index contributed by atoms with van der Waals surface area (Å²) in [6, 6.07) is 1.57. The predicted octanol–water partition coefficient (Wildman–Crippen LogP) is 1.71. The summed E-state index contributed by atoms with van der Waals surface area (Å²) in [5, 5.41) is 3.55. The van der Waals surface area contributed by atoms with Gasteiger partial charge in [0.2, 0.25) is 0 Å². The fourth-order valence-corrected chi connectivity index (χ4v) is 3.40. The molecule has 3 unspecified atom stereocenters. The summed E-state index contributed by atoms with van der Waals surface area (Å²) in [5.41, 5.74) is 0. The Kier molecular flexibility index (Phi) is 3.13. The van der Waals surface area contributed by atoms with Crippen molar-refractivity contribution in [1.82, 2.24) is 10.2 Å². The minimum atomic E-state index is 0.727. The summed E-state index contributed by atoms with van der Waals surface area (Å²) in [7, 11) is 0. The summed E-state index contributed by atoms with van der Waals surface area (Å²) >= 11 is 0. The van der Waals surface area contributed by atoms with Gasteiger partial charge in [-0.2, -0.15) is 0 Å². The van der Waals surface area contributed by atoms with E-state index < -0.39 is 0 Å². The van der Waals surface area contributed by atoms with E-state index in [-0.39, 0.29) is 0 Å². The predicted molar refractivity (Wildman–Crippen MR) is 60.4 cm³/mol. The second-order valence-corrected chi connectivity index (χ2v) is 5.18. The van der Waals surface area contributed by atoms with Gasteiger partial charge in [-0.25, -0.2) is 0 Å². The maximum atomic E-state index is 3.55. The van der Waals surface area contributed by atoms with Crippen LogP contribution in [0.2, 0.25) is 0 Å². The maximum Gasteiger partial charge on any atom is 0.0139 e. The second-order valence-electron chi connectivity index (χ2n) is 5.18. The van der Waals surface area contributed by atoms with Crippen molar-refractivity contribution in [3.05, 3.63) is 0 Å². The highest BCUT2D eigenvalue weighted by Gasteiger charge is 2.42. The second kappa shape index (κ2) is 4.19. The fraction of sp³-hybridized carbons (Fsp3) is 1.00. The highest BCUT2D eigenvalue weighted by Crippen LogP contribution is 2.36. The first kappa shape index (κ1) is 10.4. The average Bonchev–Trinajstić information content (AvgIpc) is 2.56. The molecule has 82 valence electrons. The van der Waals surface area contributed by atoms with Crippen molar-refractivity contribution < 1.29 is 0 Å². The normalized spacial score (nSPS) is 39.0. The third kappa shape index (κ3) is 1.70. The number of piperidine rings is 1. The average molecular weight is 196 g/mol. The first-order chi connectivity index (χ1) is 6.74. The molecule has 2 aliphatic heterocycles. The SMILES string of the molecule is CCC1C2CNCCC2CN1C(C)C.